The van der Waals surface area contributed by atoms with Gasteiger partial charge in [-0.25, -0.2) is 5.43 Å². The van der Waals surface area contributed by atoms with Crippen molar-refractivity contribution in [2.24, 2.45) is 5.84 Å². The monoisotopic (exact) mass is 264 g/mol. The van der Waals surface area contributed by atoms with Crippen molar-refractivity contribution in [1.29, 1.82) is 0 Å². The Morgan fingerprint density at radius 2 is 2.11 bits per heavy atom. The topological polar surface area (TPSA) is 73.1 Å². The highest BCUT2D eigenvalue weighted by Crippen LogP contribution is 2.29. The third kappa shape index (κ3) is 2.59. The van der Waals surface area contributed by atoms with Crippen LogP contribution in [0.25, 0.3) is 0 Å². The number of aromatic nitrogens is 2. The molecule has 0 saturated heterocycles. The lowest BCUT2D eigenvalue weighted by Crippen LogP contribution is -2.29. The van der Waals surface area contributed by atoms with Gasteiger partial charge in [0.2, 0.25) is 0 Å². The molecule has 0 aliphatic carbocycles. The van der Waals surface area contributed by atoms with Gasteiger partial charge in [0, 0.05) is 6.20 Å². The first kappa shape index (κ1) is 12.8. The van der Waals surface area contributed by atoms with Crippen molar-refractivity contribution in [2.75, 3.05) is 7.11 Å². The van der Waals surface area contributed by atoms with Crippen LogP contribution in [0.2, 0.25) is 5.02 Å². The Kier molecular flexibility index (Phi) is 4.09. The Hall–Kier alpha value is -1.69. The summed E-state index contributed by atoms with van der Waals surface area (Å²) >= 11 is 5.99. The third-order valence-electron chi connectivity index (χ3n) is 2.62. The molecule has 2 aromatic rings. The molecule has 3 N–H and O–H groups in total. The van der Waals surface area contributed by atoms with E-state index in [9.17, 15) is 0 Å². The normalized spacial score (nSPS) is 12.2. The smallest absolute Gasteiger partial charge is 0.137 e. The summed E-state index contributed by atoms with van der Waals surface area (Å²) in [6.45, 7) is 0. The molecule has 18 heavy (non-hydrogen) atoms. The minimum atomic E-state index is -0.188. The molecule has 94 valence electrons. The zero-order chi connectivity index (χ0) is 13.0. The Morgan fingerprint density at radius 1 is 1.28 bits per heavy atom. The minimum Gasteiger partial charge on any atom is -0.495 e. The summed E-state index contributed by atoms with van der Waals surface area (Å²) in [6.07, 6.45) is 3.28. The Bertz CT molecular complexity index is 521. The first-order valence-corrected chi connectivity index (χ1v) is 5.70. The Labute approximate surface area is 110 Å². The number of nitrogens with two attached hydrogens (primary N) is 1. The molecular weight excluding hydrogens is 252 g/mol. The molecule has 1 aromatic carbocycles. The number of nitrogens with zero attached hydrogens (tertiary/aromatic N) is 2. The number of hydrogen-bond acceptors (Lipinski definition) is 5. The highest BCUT2D eigenvalue weighted by Gasteiger charge is 2.14. The predicted molar refractivity (Wildman–Crippen MR) is 69.2 cm³/mol. The van der Waals surface area contributed by atoms with E-state index in [2.05, 4.69) is 15.6 Å². The van der Waals surface area contributed by atoms with Gasteiger partial charge in [0.25, 0.3) is 0 Å². The van der Waals surface area contributed by atoms with Crippen LogP contribution < -0.4 is 16.0 Å². The van der Waals surface area contributed by atoms with Gasteiger partial charge in [-0.1, -0.05) is 17.7 Å². The number of ether oxygens (including phenoxy) is 1. The number of halogens is 1. The van der Waals surface area contributed by atoms with Gasteiger partial charge in [-0.2, -0.15) is 10.2 Å². The van der Waals surface area contributed by atoms with Gasteiger partial charge >= 0.3 is 0 Å². The maximum Gasteiger partial charge on any atom is 0.137 e. The molecule has 0 aliphatic heterocycles. The molecule has 6 heteroatoms. The summed E-state index contributed by atoms with van der Waals surface area (Å²) < 4.78 is 5.19. The van der Waals surface area contributed by atoms with Crippen LogP contribution in [0.1, 0.15) is 17.2 Å². The van der Waals surface area contributed by atoms with Crippen LogP contribution in [-0.2, 0) is 0 Å². The molecular formula is C12H13ClN4O. The maximum absolute atomic E-state index is 5.99. The average molecular weight is 265 g/mol. The van der Waals surface area contributed by atoms with E-state index < -0.39 is 0 Å². The van der Waals surface area contributed by atoms with Crippen LogP contribution in [0.3, 0.4) is 0 Å². The summed E-state index contributed by atoms with van der Waals surface area (Å²) in [5.41, 5.74) is 4.59. The van der Waals surface area contributed by atoms with Crippen molar-refractivity contribution in [2.45, 2.75) is 6.04 Å². The minimum absolute atomic E-state index is 0.188. The van der Waals surface area contributed by atoms with Gasteiger partial charge in [-0.15, -0.1) is 0 Å². The standard InChI is InChI=1S/C12H13ClN4O/c1-18-11-6-8(2-3-10(11)13)12(17-14)9-4-5-15-16-7-9/h2-7,12,17H,14H2,1H3. The Balaban J connectivity index is 2.39. The van der Waals surface area contributed by atoms with E-state index in [1.165, 1.54) is 0 Å². The van der Waals surface area contributed by atoms with Crippen LogP contribution in [0.15, 0.2) is 36.7 Å². The van der Waals surface area contributed by atoms with E-state index in [0.29, 0.717) is 10.8 Å². The fraction of sp³-hybridized carbons (Fsp3) is 0.167. The van der Waals surface area contributed by atoms with Gasteiger partial charge in [-0.05, 0) is 29.3 Å². The molecule has 0 radical (unpaired) electrons. The molecule has 1 unspecified atom stereocenters. The molecule has 0 aliphatic rings. The molecule has 1 aromatic heterocycles. The van der Waals surface area contributed by atoms with E-state index in [4.69, 9.17) is 22.2 Å². The van der Waals surface area contributed by atoms with Crippen LogP contribution in [0.4, 0.5) is 0 Å². The van der Waals surface area contributed by atoms with E-state index in [-0.39, 0.29) is 6.04 Å². The lowest BCUT2D eigenvalue weighted by atomic mass is 10.0. The fourth-order valence-corrected chi connectivity index (χ4v) is 1.91. The summed E-state index contributed by atoms with van der Waals surface area (Å²) in [7, 11) is 1.57. The third-order valence-corrected chi connectivity index (χ3v) is 2.93. The maximum atomic E-state index is 5.99. The number of methoxy groups -OCH3 is 1. The molecule has 1 heterocycles. The van der Waals surface area contributed by atoms with E-state index in [1.54, 1.807) is 25.6 Å². The van der Waals surface area contributed by atoms with Crippen LogP contribution in [0.5, 0.6) is 5.75 Å². The lowest BCUT2D eigenvalue weighted by Gasteiger charge is -2.17. The molecule has 0 spiro atoms. The molecule has 1 atom stereocenters. The molecule has 0 fully saturated rings. The van der Waals surface area contributed by atoms with Crippen molar-refractivity contribution in [3.8, 4) is 5.75 Å². The van der Waals surface area contributed by atoms with Crippen LogP contribution in [0, 0.1) is 0 Å². The molecule has 0 bridgehead atoms. The highest BCUT2D eigenvalue weighted by molar-refractivity contribution is 6.32. The number of benzene rings is 1. The summed E-state index contributed by atoms with van der Waals surface area (Å²) in [6, 6.07) is 7.16. The van der Waals surface area contributed by atoms with Crippen molar-refractivity contribution in [3.63, 3.8) is 0 Å². The predicted octanol–water partition coefficient (Wildman–Crippen LogP) is 1.69. The second-order valence-corrected chi connectivity index (χ2v) is 4.08. The van der Waals surface area contributed by atoms with Gasteiger partial charge in [0.1, 0.15) is 5.75 Å². The number of nitrogens with one attached hydrogen (secondary N) is 1. The largest absolute Gasteiger partial charge is 0.495 e. The number of hydrazine groups is 1. The summed E-state index contributed by atoms with van der Waals surface area (Å²) in [4.78, 5) is 0. The highest BCUT2D eigenvalue weighted by atomic mass is 35.5. The van der Waals surface area contributed by atoms with Crippen molar-refractivity contribution < 1.29 is 4.74 Å². The molecule has 2 rings (SSSR count). The summed E-state index contributed by atoms with van der Waals surface area (Å²) in [5, 5.41) is 8.14. The quantitative estimate of drug-likeness (QED) is 0.649. The SMILES string of the molecule is COc1cc(C(NN)c2ccnnc2)ccc1Cl. The van der Waals surface area contributed by atoms with E-state index in [1.807, 2.05) is 18.2 Å². The second-order valence-electron chi connectivity index (χ2n) is 3.67. The fourth-order valence-electron chi connectivity index (χ4n) is 1.71. The van der Waals surface area contributed by atoms with Gasteiger partial charge in [0.15, 0.2) is 0 Å². The van der Waals surface area contributed by atoms with Crippen molar-refractivity contribution in [3.05, 3.63) is 52.8 Å². The van der Waals surface area contributed by atoms with E-state index in [0.717, 1.165) is 11.1 Å². The lowest BCUT2D eigenvalue weighted by molar-refractivity contribution is 0.414. The van der Waals surface area contributed by atoms with Crippen LogP contribution in [-0.4, -0.2) is 17.3 Å². The Morgan fingerprint density at radius 3 is 2.72 bits per heavy atom. The van der Waals surface area contributed by atoms with Crippen molar-refractivity contribution in [1.82, 2.24) is 15.6 Å². The van der Waals surface area contributed by atoms with Gasteiger partial charge in [-0.3, -0.25) is 5.84 Å². The van der Waals surface area contributed by atoms with Crippen molar-refractivity contribution >= 4 is 11.6 Å². The zero-order valence-corrected chi connectivity index (χ0v) is 10.6. The molecule has 0 saturated carbocycles. The average Bonchev–Trinajstić information content (AvgIpc) is 2.42. The van der Waals surface area contributed by atoms with Crippen LogP contribution >= 0.6 is 11.6 Å². The zero-order valence-electron chi connectivity index (χ0n) is 9.80. The molecule has 0 amide bonds. The van der Waals surface area contributed by atoms with E-state index >= 15 is 0 Å². The number of rotatable bonds is 4. The molecule has 5 nitrogen and oxygen atoms in total. The first-order chi connectivity index (χ1) is 8.76. The van der Waals surface area contributed by atoms with Gasteiger partial charge < -0.3 is 4.74 Å². The second kappa shape index (κ2) is 5.77. The first-order valence-electron chi connectivity index (χ1n) is 5.32. The summed E-state index contributed by atoms with van der Waals surface area (Å²) in [5.74, 6) is 6.20. The van der Waals surface area contributed by atoms with Gasteiger partial charge in [0.05, 0.1) is 24.4 Å². The number of hydrogen-bond donors (Lipinski definition) is 2.